The molecule has 0 saturated heterocycles. The van der Waals surface area contributed by atoms with Crippen LogP contribution in [-0.4, -0.2) is 34.6 Å². The summed E-state index contributed by atoms with van der Waals surface area (Å²) < 4.78 is 5.11. The van der Waals surface area contributed by atoms with E-state index in [2.05, 4.69) is 9.73 Å². The lowest BCUT2D eigenvalue weighted by Crippen LogP contribution is -2.24. The minimum atomic E-state index is -0.767. The van der Waals surface area contributed by atoms with Gasteiger partial charge in [-0.05, 0) is 29.5 Å². The quantitative estimate of drug-likeness (QED) is 0.458. The summed E-state index contributed by atoms with van der Waals surface area (Å²) in [7, 11) is 1.27. The van der Waals surface area contributed by atoms with E-state index in [4.69, 9.17) is 5.11 Å². The van der Waals surface area contributed by atoms with Crippen LogP contribution in [0.25, 0.3) is 0 Å². The van der Waals surface area contributed by atoms with Gasteiger partial charge in [-0.1, -0.05) is 0 Å². The van der Waals surface area contributed by atoms with E-state index < -0.39 is 12.0 Å². The van der Waals surface area contributed by atoms with E-state index >= 15 is 0 Å². The molecule has 0 aromatic rings. The molecule has 0 rings (SSSR count). The number of ether oxygens (including phenoxy) is 1. The van der Waals surface area contributed by atoms with Gasteiger partial charge in [-0.15, -0.1) is 0 Å². The van der Waals surface area contributed by atoms with Gasteiger partial charge < -0.3 is 9.84 Å². The molecule has 0 saturated carbocycles. The van der Waals surface area contributed by atoms with Crippen LogP contribution in [0.5, 0.6) is 0 Å². The van der Waals surface area contributed by atoms with E-state index in [0.717, 1.165) is 0 Å². The number of hydrogen-bond acceptors (Lipinski definition) is 4. The third-order valence-corrected chi connectivity index (χ3v) is 1.26. The molecule has 0 aromatic carbocycles. The average Bonchev–Trinajstić information content (AvgIpc) is 1.98. The molecule has 0 spiro atoms. The van der Waals surface area contributed by atoms with Crippen molar-refractivity contribution in [1.82, 2.24) is 0 Å². The Morgan fingerprint density at radius 3 is 2.64 bits per heavy atom. The molecule has 1 unspecified atom stereocenters. The van der Waals surface area contributed by atoms with Gasteiger partial charge >= 0.3 is 5.97 Å². The standard InChI is InChI=1S/C6H10INO3/c1-4(7)8-5(3-9)6(10)11-2/h5,9H,3H2,1-2H3/b8-4-. The molecule has 0 aromatic heterocycles. The molecular formula is C6H10INO3. The average molecular weight is 271 g/mol. The molecule has 0 heterocycles. The first-order chi connectivity index (χ1) is 5.11. The Kier molecular flexibility index (Phi) is 5.39. The molecule has 11 heavy (non-hydrogen) atoms. The molecule has 0 fully saturated rings. The van der Waals surface area contributed by atoms with Gasteiger partial charge in [-0.25, -0.2) is 4.79 Å². The lowest BCUT2D eigenvalue weighted by atomic mass is 10.3. The van der Waals surface area contributed by atoms with E-state index in [9.17, 15) is 4.79 Å². The summed E-state index contributed by atoms with van der Waals surface area (Å²) in [6, 6.07) is -0.767. The highest BCUT2D eigenvalue weighted by atomic mass is 127. The number of carbonyl (C=O) groups excluding carboxylic acids is 1. The van der Waals surface area contributed by atoms with Crippen molar-refractivity contribution >= 4 is 32.3 Å². The van der Waals surface area contributed by atoms with E-state index in [-0.39, 0.29) is 6.61 Å². The minimum absolute atomic E-state index is 0.312. The summed E-state index contributed by atoms with van der Waals surface area (Å²) in [6.45, 7) is 1.43. The maximum Gasteiger partial charge on any atom is 0.333 e. The Labute approximate surface area is 78.8 Å². The Bertz CT molecular complexity index is 165. The van der Waals surface area contributed by atoms with Gasteiger partial charge in [0.1, 0.15) is 0 Å². The Balaban J connectivity index is 4.17. The zero-order valence-corrected chi connectivity index (χ0v) is 8.53. The summed E-state index contributed by atoms with van der Waals surface area (Å²) in [5, 5.41) is 8.67. The molecular weight excluding hydrogens is 261 g/mol. The largest absolute Gasteiger partial charge is 0.467 e. The van der Waals surface area contributed by atoms with Gasteiger partial charge in [0.05, 0.1) is 17.4 Å². The summed E-state index contributed by atoms with van der Waals surface area (Å²) in [6.07, 6.45) is 0. The van der Waals surface area contributed by atoms with Crippen LogP contribution in [0.3, 0.4) is 0 Å². The van der Waals surface area contributed by atoms with Crippen LogP contribution in [0.1, 0.15) is 6.92 Å². The normalized spacial score (nSPS) is 14.4. The van der Waals surface area contributed by atoms with Gasteiger partial charge in [0, 0.05) is 0 Å². The highest BCUT2D eigenvalue weighted by Crippen LogP contribution is 1.98. The van der Waals surface area contributed by atoms with Crippen LogP contribution in [-0.2, 0) is 9.53 Å². The van der Waals surface area contributed by atoms with Crippen LogP contribution in [0.4, 0.5) is 0 Å². The molecule has 0 aliphatic carbocycles. The van der Waals surface area contributed by atoms with Crippen LogP contribution >= 0.6 is 22.6 Å². The van der Waals surface area contributed by atoms with E-state index in [1.54, 1.807) is 6.92 Å². The fraction of sp³-hybridized carbons (Fsp3) is 0.667. The molecule has 0 radical (unpaired) electrons. The van der Waals surface area contributed by atoms with Crippen molar-refractivity contribution in [1.29, 1.82) is 0 Å². The molecule has 0 aliphatic rings. The zero-order chi connectivity index (χ0) is 8.85. The van der Waals surface area contributed by atoms with Crippen LogP contribution in [0.15, 0.2) is 4.99 Å². The Morgan fingerprint density at radius 2 is 2.36 bits per heavy atom. The number of aliphatic hydroxyl groups is 1. The van der Waals surface area contributed by atoms with Crippen molar-refractivity contribution < 1.29 is 14.6 Å². The monoisotopic (exact) mass is 271 g/mol. The Hall–Kier alpha value is -0.170. The van der Waals surface area contributed by atoms with Crippen molar-refractivity contribution in [3.63, 3.8) is 0 Å². The molecule has 64 valence electrons. The highest BCUT2D eigenvalue weighted by molar-refractivity contribution is 14.1. The second kappa shape index (κ2) is 5.48. The van der Waals surface area contributed by atoms with Crippen LogP contribution < -0.4 is 0 Å². The first-order valence-electron chi connectivity index (χ1n) is 3.00. The lowest BCUT2D eigenvalue weighted by Gasteiger charge is -2.05. The second-order valence-electron chi connectivity index (χ2n) is 1.85. The number of methoxy groups -OCH3 is 1. The molecule has 0 aliphatic heterocycles. The number of carbonyl (C=O) groups is 1. The number of aliphatic imine (C=N–C) groups is 1. The lowest BCUT2D eigenvalue weighted by molar-refractivity contribution is -0.142. The molecule has 1 atom stereocenters. The number of nitrogens with zero attached hydrogens (tertiary/aromatic N) is 1. The third-order valence-electron chi connectivity index (χ3n) is 0.980. The van der Waals surface area contributed by atoms with Gasteiger partial charge in [0.15, 0.2) is 6.04 Å². The second-order valence-corrected chi connectivity index (χ2v) is 3.41. The number of halogens is 1. The predicted octanol–water partition coefficient (Wildman–Crippen LogP) is 0.374. The molecule has 0 bridgehead atoms. The fourth-order valence-corrected chi connectivity index (χ4v) is 0.855. The van der Waals surface area contributed by atoms with Crippen molar-refractivity contribution in [2.75, 3.05) is 13.7 Å². The van der Waals surface area contributed by atoms with Crippen molar-refractivity contribution in [3.05, 3.63) is 0 Å². The number of aliphatic hydroxyl groups excluding tert-OH is 1. The first kappa shape index (κ1) is 10.8. The van der Waals surface area contributed by atoms with Crippen LogP contribution in [0.2, 0.25) is 0 Å². The number of hydrogen-bond donors (Lipinski definition) is 1. The third kappa shape index (κ3) is 4.31. The summed E-state index contributed by atoms with van der Waals surface area (Å²) in [5.41, 5.74) is 0. The van der Waals surface area contributed by atoms with Crippen molar-refractivity contribution in [2.24, 2.45) is 4.99 Å². The maximum absolute atomic E-state index is 10.8. The predicted molar refractivity (Wildman–Crippen MR) is 50.0 cm³/mol. The highest BCUT2D eigenvalue weighted by Gasteiger charge is 2.15. The molecule has 5 heteroatoms. The van der Waals surface area contributed by atoms with Crippen LogP contribution in [0, 0.1) is 0 Å². The molecule has 4 nitrogen and oxygen atoms in total. The Morgan fingerprint density at radius 1 is 1.82 bits per heavy atom. The topological polar surface area (TPSA) is 58.9 Å². The zero-order valence-electron chi connectivity index (χ0n) is 6.37. The molecule has 1 N–H and O–H groups in total. The van der Waals surface area contributed by atoms with Gasteiger partial charge in [0.2, 0.25) is 0 Å². The van der Waals surface area contributed by atoms with Gasteiger partial charge in [0.25, 0.3) is 0 Å². The maximum atomic E-state index is 10.8. The van der Waals surface area contributed by atoms with Crippen molar-refractivity contribution in [2.45, 2.75) is 13.0 Å². The van der Waals surface area contributed by atoms with Gasteiger partial charge in [-0.2, -0.15) is 0 Å². The summed E-state index contributed by atoms with van der Waals surface area (Å²) >= 11 is 1.96. The minimum Gasteiger partial charge on any atom is -0.467 e. The number of esters is 1. The van der Waals surface area contributed by atoms with E-state index in [0.29, 0.717) is 3.72 Å². The van der Waals surface area contributed by atoms with E-state index in [1.165, 1.54) is 7.11 Å². The van der Waals surface area contributed by atoms with Crippen molar-refractivity contribution in [3.8, 4) is 0 Å². The fourth-order valence-electron chi connectivity index (χ4n) is 0.519. The van der Waals surface area contributed by atoms with E-state index in [1.807, 2.05) is 22.6 Å². The number of rotatable bonds is 3. The summed E-state index contributed by atoms with van der Waals surface area (Å²) in [5.74, 6) is -0.511. The first-order valence-corrected chi connectivity index (χ1v) is 4.08. The molecule has 0 amide bonds. The SMILES string of the molecule is COC(=O)C(CO)/N=C(/C)I. The summed E-state index contributed by atoms with van der Waals surface area (Å²) in [4.78, 5) is 14.6. The van der Waals surface area contributed by atoms with Gasteiger partial charge in [-0.3, -0.25) is 4.99 Å². The smallest absolute Gasteiger partial charge is 0.333 e.